The van der Waals surface area contributed by atoms with Crippen LogP contribution in [0.5, 0.6) is 0 Å². The fourth-order valence-electron chi connectivity index (χ4n) is 4.01. The molecule has 216 valence electrons. The average Bonchev–Trinajstić information content (AvgIpc) is 2.91. The number of hydrogen-bond donors (Lipinski definition) is 3. The van der Waals surface area contributed by atoms with Crippen LogP contribution in [-0.4, -0.2) is 53.4 Å². The van der Waals surface area contributed by atoms with Gasteiger partial charge in [-0.3, -0.25) is 18.7 Å². The van der Waals surface area contributed by atoms with Gasteiger partial charge in [0.1, 0.15) is 0 Å². The fraction of sp³-hybridized carbons (Fsp3) is 0.462. The molecule has 2 amide bonds. The van der Waals surface area contributed by atoms with Gasteiger partial charge in [-0.15, -0.1) is 0 Å². The number of amides is 2. The third-order valence-corrected chi connectivity index (χ3v) is 7.92. The summed E-state index contributed by atoms with van der Waals surface area (Å²) in [6, 6.07) is 6.93. The Bertz CT molecular complexity index is 1150. The summed E-state index contributed by atoms with van der Waals surface area (Å²) in [7, 11) is -1.28. The number of carbonyl (C=O) groups excluding carboxylic acids is 2. The number of alkyl halides is 3. The van der Waals surface area contributed by atoms with Gasteiger partial charge in [0.05, 0.1) is 16.4 Å². The quantitative estimate of drug-likeness (QED) is 0.267. The molecule has 2 aromatic rings. The van der Waals surface area contributed by atoms with E-state index in [0.29, 0.717) is 40.7 Å². The molecule has 1 heterocycles. The van der Waals surface area contributed by atoms with Crippen LogP contribution in [-0.2, 0) is 34.9 Å². The van der Waals surface area contributed by atoms with Crippen molar-refractivity contribution in [1.82, 2.24) is 15.5 Å². The third kappa shape index (κ3) is 10.4. The average molecular weight is 610 g/mol. The molecule has 0 bridgehead atoms. The number of hydrogen-bond acceptors (Lipinski definition) is 5. The molecule has 0 radical (unpaired) electrons. The Morgan fingerprint density at radius 3 is 2.41 bits per heavy atom. The molecule has 7 nitrogen and oxygen atoms in total. The Labute approximate surface area is 239 Å². The van der Waals surface area contributed by atoms with Crippen molar-refractivity contribution < 1.29 is 27.0 Å². The summed E-state index contributed by atoms with van der Waals surface area (Å²) in [5.41, 5.74) is 4.43. The molecule has 1 aliphatic heterocycles. The van der Waals surface area contributed by atoms with Gasteiger partial charge in [-0.1, -0.05) is 36.5 Å². The number of likely N-dealkylation sites (tertiary alicyclic amines) is 1. The van der Waals surface area contributed by atoms with Crippen molar-refractivity contribution in [2.24, 2.45) is 5.73 Å². The highest BCUT2D eigenvalue weighted by atomic mass is 35.5. The highest BCUT2D eigenvalue weighted by Gasteiger charge is 2.36. The predicted molar refractivity (Wildman–Crippen MR) is 148 cm³/mol. The molecule has 0 aliphatic carbocycles. The topological polar surface area (TPSA) is 105 Å². The Morgan fingerprint density at radius 1 is 1.15 bits per heavy atom. The third-order valence-electron chi connectivity index (χ3n) is 5.93. The van der Waals surface area contributed by atoms with Gasteiger partial charge in [0.2, 0.25) is 6.41 Å². The highest BCUT2D eigenvalue weighted by Crippen LogP contribution is 2.37. The van der Waals surface area contributed by atoms with Gasteiger partial charge in [0, 0.05) is 52.4 Å². The van der Waals surface area contributed by atoms with E-state index in [0.717, 1.165) is 38.4 Å². The minimum Gasteiger partial charge on any atom is -0.357 e. The Morgan fingerprint density at radius 2 is 1.85 bits per heavy atom. The molecule has 1 aliphatic rings. The van der Waals surface area contributed by atoms with E-state index in [2.05, 4.69) is 10.6 Å². The van der Waals surface area contributed by atoms with Crippen LogP contribution < -0.4 is 16.4 Å². The number of rotatable bonds is 10. The molecule has 39 heavy (non-hydrogen) atoms. The van der Waals surface area contributed by atoms with Gasteiger partial charge in [-0.2, -0.15) is 13.2 Å². The van der Waals surface area contributed by atoms with Crippen LogP contribution in [0.4, 0.5) is 13.2 Å². The minimum atomic E-state index is -4.65. The second-order valence-electron chi connectivity index (χ2n) is 8.75. The maximum atomic E-state index is 13.8. The van der Waals surface area contributed by atoms with Gasteiger partial charge in [-0.05, 0) is 67.4 Å². The van der Waals surface area contributed by atoms with E-state index in [-0.39, 0.29) is 29.2 Å². The molecule has 3 rings (SSSR count). The van der Waals surface area contributed by atoms with Crippen molar-refractivity contribution in [3.8, 4) is 0 Å². The summed E-state index contributed by atoms with van der Waals surface area (Å²) in [6.07, 6.45) is -1.08. The van der Waals surface area contributed by atoms with Crippen LogP contribution in [0.1, 0.15) is 53.2 Å². The largest absolute Gasteiger partial charge is 0.416 e. The molecule has 0 saturated carbocycles. The first kappa shape index (κ1) is 33.0. The number of piperidine rings is 1. The Kier molecular flexibility index (Phi) is 13.7. The van der Waals surface area contributed by atoms with E-state index in [1.807, 2.05) is 4.90 Å². The van der Waals surface area contributed by atoms with Gasteiger partial charge in [0.15, 0.2) is 0 Å². The molecule has 4 N–H and O–H groups in total. The number of nitrogens with two attached hydrogens (primary N) is 1. The molecule has 0 aromatic heterocycles. The first-order valence-corrected chi connectivity index (χ1v) is 14.5. The highest BCUT2D eigenvalue weighted by molar-refractivity contribution is 7.85. The Balaban J connectivity index is 0.000000798. The summed E-state index contributed by atoms with van der Waals surface area (Å²) in [5, 5.41) is 5.31. The Hall–Kier alpha value is -2.18. The van der Waals surface area contributed by atoms with Crippen LogP contribution in [0.25, 0.3) is 0 Å². The van der Waals surface area contributed by atoms with Crippen LogP contribution in [0, 0.1) is 0 Å². The molecular weight excluding hydrogens is 576 g/mol. The van der Waals surface area contributed by atoms with Gasteiger partial charge >= 0.3 is 6.18 Å². The number of carbonyl (C=O) groups is 2. The van der Waals surface area contributed by atoms with Gasteiger partial charge in [0.25, 0.3) is 5.91 Å². The van der Waals surface area contributed by atoms with Gasteiger partial charge in [-0.25, -0.2) is 0 Å². The van der Waals surface area contributed by atoms with Crippen LogP contribution >= 0.6 is 23.2 Å². The maximum absolute atomic E-state index is 13.8. The SMILES string of the molecule is CCS(=O)c1ccc(Cl)cc1CNC(=O)c1cc(Cl)c(CN2CCCCC2)c(C(F)(F)F)c1.NCCNC=O. The van der Waals surface area contributed by atoms with Gasteiger partial charge < -0.3 is 16.4 Å². The second-order valence-corrected chi connectivity index (χ2v) is 11.3. The van der Waals surface area contributed by atoms with Crippen LogP contribution in [0.2, 0.25) is 10.0 Å². The zero-order valence-electron chi connectivity index (χ0n) is 21.6. The number of nitrogens with one attached hydrogen (secondary N) is 2. The van der Waals surface area contributed by atoms with Crippen LogP contribution in [0.15, 0.2) is 35.2 Å². The standard InChI is InChI=1S/C23H25Cl2F3N2O2S.C3H8N2O/c1-2-33(32)21-7-6-17(24)10-16(21)13-29-22(31)15-11-19(23(26,27)28)18(20(25)12-15)14-30-8-4-3-5-9-30;4-1-2-5-3-6/h6-7,10-12H,2-5,8-9,13-14H2,1H3,(H,29,31);3H,1-2,4H2,(H,5,6). The smallest absolute Gasteiger partial charge is 0.357 e. The molecule has 13 heteroatoms. The fourth-order valence-corrected chi connectivity index (χ4v) is 5.43. The van der Waals surface area contributed by atoms with E-state index < -0.39 is 28.4 Å². The van der Waals surface area contributed by atoms with Crippen molar-refractivity contribution in [2.75, 3.05) is 31.9 Å². The summed E-state index contributed by atoms with van der Waals surface area (Å²) in [5.74, 6) is -0.328. The number of halogens is 5. The predicted octanol–water partition coefficient (Wildman–Crippen LogP) is 4.75. The zero-order chi connectivity index (χ0) is 29.0. The molecule has 1 atom stereocenters. The summed E-state index contributed by atoms with van der Waals surface area (Å²) in [6.45, 7) is 4.34. The minimum absolute atomic E-state index is 0.0157. The molecule has 2 aromatic carbocycles. The van der Waals surface area contributed by atoms with E-state index >= 15 is 0 Å². The number of nitrogens with zero attached hydrogens (tertiary/aromatic N) is 1. The zero-order valence-corrected chi connectivity index (χ0v) is 23.9. The second kappa shape index (κ2) is 16.2. The lowest BCUT2D eigenvalue weighted by Crippen LogP contribution is -2.30. The monoisotopic (exact) mass is 608 g/mol. The first-order valence-electron chi connectivity index (χ1n) is 12.5. The van der Waals surface area contributed by atoms with E-state index in [9.17, 15) is 27.0 Å². The molecule has 1 saturated heterocycles. The first-order chi connectivity index (χ1) is 18.5. The summed E-state index contributed by atoms with van der Waals surface area (Å²) in [4.78, 5) is 24.6. The number of benzene rings is 2. The normalized spacial score (nSPS) is 14.6. The van der Waals surface area contributed by atoms with E-state index in [1.54, 1.807) is 25.1 Å². The van der Waals surface area contributed by atoms with Crippen molar-refractivity contribution in [1.29, 1.82) is 0 Å². The van der Waals surface area contributed by atoms with E-state index in [1.165, 1.54) is 6.07 Å². The summed E-state index contributed by atoms with van der Waals surface area (Å²) >= 11 is 12.3. The molecule has 1 fully saturated rings. The maximum Gasteiger partial charge on any atom is 0.416 e. The molecular formula is C26H33Cl2F3N4O3S. The lowest BCUT2D eigenvalue weighted by atomic mass is 10.0. The summed E-state index contributed by atoms with van der Waals surface area (Å²) < 4.78 is 53.8. The van der Waals surface area contributed by atoms with Crippen molar-refractivity contribution in [3.05, 3.63) is 62.6 Å². The van der Waals surface area contributed by atoms with E-state index in [4.69, 9.17) is 28.9 Å². The lowest BCUT2D eigenvalue weighted by molar-refractivity contribution is -0.138. The van der Waals surface area contributed by atoms with Crippen LogP contribution in [0.3, 0.4) is 0 Å². The van der Waals surface area contributed by atoms with Crippen molar-refractivity contribution >= 4 is 46.3 Å². The lowest BCUT2D eigenvalue weighted by Gasteiger charge is -2.28. The molecule has 1 unspecified atom stereocenters. The van der Waals surface area contributed by atoms with Crippen molar-refractivity contribution in [3.63, 3.8) is 0 Å². The molecule has 0 spiro atoms. The van der Waals surface area contributed by atoms with Crippen molar-refractivity contribution in [2.45, 2.75) is 50.3 Å².